The van der Waals surface area contributed by atoms with Crippen LogP contribution in [0.15, 0.2) is 64.0 Å². The van der Waals surface area contributed by atoms with Gasteiger partial charge in [0.25, 0.3) is 5.69 Å². The number of hydrogen-bond donors (Lipinski definition) is 0. The van der Waals surface area contributed by atoms with Crippen LogP contribution in [-0.2, 0) is 0 Å². The van der Waals surface area contributed by atoms with Crippen LogP contribution in [0.4, 0.5) is 11.4 Å². The smallest absolute Gasteiger partial charge is 0.273 e. The number of aryl methyl sites for hydroxylation is 1. The first-order chi connectivity index (χ1) is 14.5. The summed E-state index contributed by atoms with van der Waals surface area (Å²) in [4.78, 5) is 19.3. The van der Waals surface area contributed by atoms with Gasteiger partial charge in [-0.05, 0) is 42.3 Å². The number of aromatic nitrogens is 1. The molecule has 0 unspecified atom stereocenters. The third kappa shape index (κ3) is 3.58. The molecule has 0 spiro atoms. The van der Waals surface area contributed by atoms with Gasteiger partial charge < -0.3 is 14.3 Å². The maximum Gasteiger partial charge on any atom is 0.273 e. The third-order valence-electron chi connectivity index (χ3n) is 4.60. The van der Waals surface area contributed by atoms with Crippen LogP contribution in [0, 0.1) is 17.0 Å². The van der Waals surface area contributed by atoms with Crippen molar-refractivity contribution in [3.63, 3.8) is 0 Å². The van der Waals surface area contributed by atoms with E-state index in [0.717, 1.165) is 17.2 Å². The van der Waals surface area contributed by atoms with Gasteiger partial charge >= 0.3 is 0 Å². The van der Waals surface area contributed by atoms with E-state index in [1.807, 2.05) is 31.2 Å². The predicted octanol–water partition coefficient (Wildman–Crippen LogP) is 4.54. The minimum atomic E-state index is -0.589. The standard InChI is InChI=1S/C22H17N3O5/c1-13-5-3-4-6-17(13)22-24-18-10-15(7-8-19(18)30-22)23-12-14-9-16(25(27)28)11-20(29-2)21(14)26/h3-12,26H,1-2H3/p-1. The predicted molar refractivity (Wildman–Crippen MR) is 111 cm³/mol. The summed E-state index contributed by atoms with van der Waals surface area (Å²) in [5, 5.41) is 23.4. The Morgan fingerprint density at radius 2 is 1.97 bits per heavy atom. The maximum absolute atomic E-state index is 12.3. The molecule has 1 aromatic heterocycles. The molecule has 0 radical (unpaired) electrons. The molecular formula is C22H16N3O5-. The minimum absolute atomic E-state index is 0.0573. The quantitative estimate of drug-likeness (QED) is 0.275. The topological polar surface area (TPSA) is 114 Å². The van der Waals surface area contributed by atoms with Crippen molar-refractivity contribution in [3.8, 4) is 23.0 Å². The number of nitrogens with zero attached hydrogens (tertiary/aromatic N) is 3. The highest BCUT2D eigenvalue weighted by molar-refractivity contribution is 5.89. The van der Waals surface area contributed by atoms with E-state index < -0.39 is 10.7 Å². The molecule has 3 aromatic carbocycles. The Bertz CT molecular complexity index is 1290. The Morgan fingerprint density at radius 3 is 2.70 bits per heavy atom. The minimum Gasteiger partial charge on any atom is -0.870 e. The number of nitro benzene ring substituents is 1. The van der Waals surface area contributed by atoms with Crippen LogP contribution in [0.2, 0.25) is 0 Å². The number of oxazole rings is 1. The molecule has 0 saturated heterocycles. The lowest BCUT2D eigenvalue weighted by Gasteiger charge is -2.14. The second-order valence-corrected chi connectivity index (χ2v) is 6.57. The van der Waals surface area contributed by atoms with Crippen LogP contribution in [0.1, 0.15) is 11.1 Å². The molecule has 4 rings (SSSR count). The third-order valence-corrected chi connectivity index (χ3v) is 4.60. The number of methoxy groups -OCH3 is 1. The van der Waals surface area contributed by atoms with Gasteiger partial charge in [0.1, 0.15) is 11.3 Å². The molecule has 4 aromatic rings. The Balaban J connectivity index is 1.69. The van der Waals surface area contributed by atoms with Gasteiger partial charge in [-0.2, -0.15) is 0 Å². The van der Waals surface area contributed by atoms with Gasteiger partial charge in [0.05, 0.1) is 23.8 Å². The average Bonchev–Trinajstić information content (AvgIpc) is 3.16. The van der Waals surface area contributed by atoms with E-state index in [1.165, 1.54) is 19.4 Å². The summed E-state index contributed by atoms with van der Waals surface area (Å²) in [7, 11) is 1.28. The van der Waals surface area contributed by atoms with E-state index in [1.54, 1.807) is 18.2 Å². The van der Waals surface area contributed by atoms with Crippen molar-refractivity contribution in [2.45, 2.75) is 6.92 Å². The van der Waals surface area contributed by atoms with Crippen molar-refractivity contribution in [2.75, 3.05) is 7.11 Å². The fraction of sp³-hybridized carbons (Fsp3) is 0.0909. The van der Waals surface area contributed by atoms with Gasteiger partial charge in [0.2, 0.25) is 5.89 Å². The normalized spacial score (nSPS) is 11.3. The highest BCUT2D eigenvalue weighted by Gasteiger charge is 2.12. The first kappa shape index (κ1) is 19.1. The summed E-state index contributed by atoms with van der Waals surface area (Å²) in [6.07, 6.45) is 1.28. The molecule has 0 aliphatic rings. The number of nitro groups is 1. The molecule has 8 heteroatoms. The lowest BCUT2D eigenvalue weighted by Crippen LogP contribution is -2.02. The monoisotopic (exact) mass is 402 g/mol. The van der Waals surface area contributed by atoms with Crippen molar-refractivity contribution in [2.24, 2.45) is 4.99 Å². The zero-order valence-electron chi connectivity index (χ0n) is 16.2. The average molecular weight is 402 g/mol. The lowest BCUT2D eigenvalue weighted by molar-refractivity contribution is -0.385. The molecule has 0 aliphatic heterocycles. The molecule has 1 heterocycles. The molecular weight excluding hydrogens is 386 g/mol. The number of aliphatic imine (C=N–C) groups is 1. The van der Waals surface area contributed by atoms with E-state index in [0.29, 0.717) is 22.7 Å². The van der Waals surface area contributed by atoms with Crippen LogP contribution >= 0.6 is 0 Å². The van der Waals surface area contributed by atoms with E-state index >= 15 is 0 Å². The zero-order chi connectivity index (χ0) is 21.3. The van der Waals surface area contributed by atoms with Crippen molar-refractivity contribution >= 4 is 28.7 Å². The Labute approximate surface area is 171 Å². The maximum atomic E-state index is 12.3. The molecule has 0 amide bonds. The van der Waals surface area contributed by atoms with Crippen LogP contribution in [0.25, 0.3) is 22.6 Å². The summed E-state index contributed by atoms with van der Waals surface area (Å²) in [6, 6.07) is 15.2. The summed E-state index contributed by atoms with van der Waals surface area (Å²) >= 11 is 0. The number of hydrogen-bond acceptors (Lipinski definition) is 7. The Hall–Kier alpha value is -4.20. The summed E-state index contributed by atoms with van der Waals surface area (Å²) in [5.74, 6) is -0.0776. The first-order valence-electron chi connectivity index (χ1n) is 9.00. The molecule has 0 fully saturated rings. The fourth-order valence-corrected chi connectivity index (χ4v) is 3.03. The Morgan fingerprint density at radius 1 is 1.17 bits per heavy atom. The van der Waals surface area contributed by atoms with Crippen LogP contribution in [0.5, 0.6) is 11.5 Å². The number of non-ortho nitro benzene ring substituents is 1. The number of ether oxygens (including phenoxy) is 1. The van der Waals surface area contributed by atoms with Gasteiger partial charge in [-0.15, -0.1) is 0 Å². The van der Waals surface area contributed by atoms with Crippen molar-refractivity contribution in [1.29, 1.82) is 0 Å². The first-order valence-corrected chi connectivity index (χ1v) is 9.00. The molecule has 0 bridgehead atoms. The fourth-order valence-electron chi connectivity index (χ4n) is 3.03. The summed E-state index contributed by atoms with van der Waals surface area (Å²) in [5.41, 5.74) is 3.50. The molecule has 150 valence electrons. The van der Waals surface area contributed by atoms with Gasteiger partial charge in [0, 0.05) is 17.8 Å². The van der Waals surface area contributed by atoms with Crippen LogP contribution in [-0.4, -0.2) is 23.2 Å². The molecule has 0 atom stereocenters. The van der Waals surface area contributed by atoms with E-state index in [-0.39, 0.29) is 17.0 Å². The lowest BCUT2D eigenvalue weighted by atomic mass is 10.1. The van der Waals surface area contributed by atoms with Gasteiger partial charge in [0.15, 0.2) is 5.58 Å². The van der Waals surface area contributed by atoms with Gasteiger partial charge in [-0.25, -0.2) is 4.98 Å². The second-order valence-electron chi connectivity index (χ2n) is 6.57. The molecule has 0 saturated carbocycles. The van der Waals surface area contributed by atoms with E-state index in [2.05, 4.69) is 9.98 Å². The van der Waals surface area contributed by atoms with Crippen molar-refractivity contribution in [3.05, 3.63) is 75.8 Å². The summed E-state index contributed by atoms with van der Waals surface area (Å²) < 4.78 is 10.8. The molecule has 0 aliphatic carbocycles. The number of rotatable bonds is 5. The number of benzene rings is 3. The Kier molecular flexibility index (Phi) is 4.89. The van der Waals surface area contributed by atoms with Gasteiger partial charge in [-0.1, -0.05) is 23.9 Å². The second kappa shape index (κ2) is 7.67. The molecule has 8 nitrogen and oxygen atoms in total. The van der Waals surface area contributed by atoms with Crippen LogP contribution < -0.4 is 9.84 Å². The van der Waals surface area contributed by atoms with Crippen molar-refractivity contribution in [1.82, 2.24) is 4.98 Å². The van der Waals surface area contributed by atoms with Crippen LogP contribution in [0.3, 0.4) is 0 Å². The summed E-state index contributed by atoms with van der Waals surface area (Å²) in [6.45, 7) is 1.98. The van der Waals surface area contributed by atoms with E-state index in [4.69, 9.17) is 9.15 Å². The number of fused-ring (bicyclic) bond motifs is 1. The van der Waals surface area contributed by atoms with Crippen molar-refractivity contribution < 1.29 is 19.2 Å². The SMILES string of the molecule is COc1cc([N+](=O)[O-])cc(C=Nc2ccc3oc(-c4ccccc4C)nc3c2)c1[O-]. The zero-order valence-corrected chi connectivity index (χ0v) is 16.2. The molecule has 30 heavy (non-hydrogen) atoms. The highest BCUT2D eigenvalue weighted by atomic mass is 16.6. The molecule has 0 N–H and O–H groups in total. The largest absolute Gasteiger partial charge is 0.870 e. The highest BCUT2D eigenvalue weighted by Crippen LogP contribution is 2.32. The van der Waals surface area contributed by atoms with Gasteiger partial charge in [-0.3, -0.25) is 15.1 Å². The van der Waals surface area contributed by atoms with E-state index in [9.17, 15) is 15.2 Å².